The van der Waals surface area contributed by atoms with E-state index in [1.54, 1.807) is 0 Å². The highest BCUT2D eigenvalue weighted by Crippen LogP contribution is 2.36. The lowest BCUT2D eigenvalue weighted by Crippen LogP contribution is -2.40. The second-order valence-corrected chi connectivity index (χ2v) is 11.9. The summed E-state index contributed by atoms with van der Waals surface area (Å²) < 4.78 is 6.16. The van der Waals surface area contributed by atoms with E-state index >= 15 is 0 Å². The molecule has 0 fully saturated rings. The summed E-state index contributed by atoms with van der Waals surface area (Å²) in [6.07, 6.45) is 11.7. The Bertz CT molecular complexity index is 362. The third-order valence-electron chi connectivity index (χ3n) is 3.96. The molecule has 2 nitrogen and oxygen atoms in total. The molecule has 0 aliphatic heterocycles. The zero-order valence-corrected chi connectivity index (χ0v) is 16.2. The van der Waals surface area contributed by atoms with Gasteiger partial charge in [-0.3, -0.25) is 4.99 Å². The van der Waals surface area contributed by atoms with E-state index in [-0.39, 0.29) is 0 Å². The van der Waals surface area contributed by atoms with E-state index < -0.39 is 8.32 Å². The van der Waals surface area contributed by atoms with Crippen molar-refractivity contribution in [2.24, 2.45) is 4.99 Å². The van der Waals surface area contributed by atoms with Crippen molar-refractivity contribution in [3.05, 3.63) is 23.8 Å². The lowest BCUT2D eigenvalue weighted by atomic mass is 10.2. The highest BCUT2D eigenvalue weighted by atomic mass is 28.4. The second-order valence-electron chi connectivity index (χ2n) is 7.12. The number of hydrogen-bond acceptors (Lipinski definition) is 2. The average molecular weight is 310 g/mol. The molecule has 0 aromatic heterocycles. The first-order valence-corrected chi connectivity index (χ1v) is 11.1. The van der Waals surface area contributed by atoms with Gasteiger partial charge in [0.05, 0.1) is 0 Å². The maximum absolute atomic E-state index is 6.16. The van der Waals surface area contributed by atoms with E-state index in [1.165, 1.54) is 5.57 Å². The minimum atomic E-state index is -1.57. The summed E-state index contributed by atoms with van der Waals surface area (Å²) in [7, 11) is -1.57. The Balaban J connectivity index is 3.93. The van der Waals surface area contributed by atoms with Gasteiger partial charge < -0.3 is 4.43 Å². The number of hydrogen-bond donors (Lipinski definition) is 0. The second kappa shape index (κ2) is 10.1. The fraction of sp³-hybridized carbons (Fsp3) is 0.722. The van der Waals surface area contributed by atoms with Crippen molar-refractivity contribution in [3.63, 3.8) is 0 Å². The van der Waals surface area contributed by atoms with Crippen LogP contribution in [0.15, 0.2) is 28.8 Å². The summed E-state index contributed by atoms with van der Waals surface area (Å²) in [5, 5.41) is 0.306. The van der Waals surface area contributed by atoms with E-state index in [0.717, 1.165) is 32.4 Å². The van der Waals surface area contributed by atoms with Crippen molar-refractivity contribution in [2.75, 3.05) is 13.2 Å². The molecule has 0 unspecified atom stereocenters. The summed E-state index contributed by atoms with van der Waals surface area (Å²) in [4.78, 5) is 4.29. The third kappa shape index (κ3) is 9.80. The molecule has 0 bridgehead atoms. The lowest BCUT2D eigenvalue weighted by molar-refractivity contribution is 0.283. The Labute approximate surface area is 133 Å². The maximum atomic E-state index is 6.16. The van der Waals surface area contributed by atoms with Crippen LogP contribution in [0.5, 0.6) is 0 Å². The van der Waals surface area contributed by atoms with Crippen LogP contribution >= 0.6 is 0 Å². The Morgan fingerprint density at radius 2 is 1.90 bits per heavy atom. The van der Waals surface area contributed by atoms with E-state index in [0.29, 0.717) is 5.04 Å². The molecular formula is C18H35NOSi. The molecule has 0 saturated carbocycles. The van der Waals surface area contributed by atoms with Crippen LogP contribution in [-0.2, 0) is 4.43 Å². The van der Waals surface area contributed by atoms with Crippen LogP contribution < -0.4 is 0 Å². The molecule has 0 spiro atoms. The monoisotopic (exact) mass is 309 g/mol. The first-order valence-electron chi connectivity index (χ1n) is 8.18. The van der Waals surface area contributed by atoms with Gasteiger partial charge in [-0.1, -0.05) is 39.8 Å². The Kier molecular flexibility index (Phi) is 9.80. The van der Waals surface area contributed by atoms with Gasteiger partial charge in [0.2, 0.25) is 0 Å². The van der Waals surface area contributed by atoms with Gasteiger partial charge in [0.15, 0.2) is 8.32 Å². The van der Waals surface area contributed by atoms with E-state index in [9.17, 15) is 0 Å². The van der Waals surface area contributed by atoms with E-state index in [4.69, 9.17) is 4.43 Å². The van der Waals surface area contributed by atoms with Gasteiger partial charge in [-0.15, -0.1) is 0 Å². The summed E-state index contributed by atoms with van der Waals surface area (Å²) in [5.74, 6) is 0. The fourth-order valence-electron chi connectivity index (χ4n) is 1.44. The molecule has 3 heteroatoms. The molecule has 0 N–H and O–H groups in total. The molecular weight excluding hydrogens is 274 g/mol. The summed E-state index contributed by atoms with van der Waals surface area (Å²) in [5.41, 5.74) is 1.25. The van der Waals surface area contributed by atoms with Gasteiger partial charge in [0, 0.05) is 19.4 Å². The Morgan fingerprint density at radius 1 is 1.24 bits per heavy atom. The highest BCUT2D eigenvalue weighted by molar-refractivity contribution is 6.74. The first-order chi connectivity index (χ1) is 9.70. The van der Waals surface area contributed by atoms with Gasteiger partial charge in [-0.25, -0.2) is 0 Å². The molecule has 0 aliphatic carbocycles. The first kappa shape index (κ1) is 20.3. The molecule has 122 valence electrons. The normalized spacial score (nSPS) is 14.5. The molecule has 0 aromatic rings. The Hall–Kier alpha value is -0.673. The van der Waals surface area contributed by atoms with Crippen molar-refractivity contribution < 1.29 is 4.43 Å². The summed E-state index contributed by atoms with van der Waals surface area (Å²) in [6.45, 7) is 17.5. The maximum Gasteiger partial charge on any atom is 0.191 e. The number of allylic oxidation sites excluding steroid dienone is 4. The smallest absolute Gasteiger partial charge is 0.191 e. The fourth-order valence-corrected chi connectivity index (χ4v) is 2.53. The van der Waals surface area contributed by atoms with Crippen LogP contribution in [-0.4, -0.2) is 27.7 Å². The molecule has 0 amide bonds. The lowest BCUT2D eigenvalue weighted by Gasteiger charge is -2.36. The van der Waals surface area contributed by atoms with Gasteiger partial charge in [-0.2, -0.15) is 0 Å². The highest BCUT2D eigenvalue weighted by Gasteiger charge is 2.36. The third-order valence-corrected chi connectivity index (χ3v) is 8.50. The van der Waals surface area contributed by atoms with Crippen LogP contribution in [0.4, 0.5) is 0 Å². The topological polar surface area (TPSA) is 21.6 Å². The van der Waals surface area contributed by atoms with Gasteiger partial charge in [-0.05, 0) is 56.0 Å². The molecule has 0 aromatic carbocycles. The van der Waals surface area contributed by atoms with Crippen molar-refractivity contribution in [1.29, 1.82) is 0 Å². The minimum Gasteiger partial charge on any atom is -0.417 e. The van der Waals surface area contributed by atoms with Crippen LogP contribution in [0, 0.1) is 0 Å². The zero-order valence-electron chi connectivity index (χ0n) is 15.2. The predicted molar refractivity (Wildman–Crippen MR) is 98.9 cm³/mol. The number of unbranched alkanes of at least 4 members (excludes halogenated alkanes) is 1. The summed E-state index contributed by atoms with van der Waals surface area (Å²) >= 11 is 0. The molecule has 0 aliphatic rings. The molecule has 21 heavy (non-hydrogen) atoms. The van der Waals surface area contributed by atoms with Crippen molar-refractivity contribution in [3.8, 4) is 0 Å². The van der Waals surface area contributed by atoms with Crippen LogP contribution in [0.2, 0.25) is 18.1 Å². The van der Waals surface area contributed by atoms with E-state index in [2.05, 4.69) is 70.9 Å². The average Bonchev–Trinajstić information content (AvgIpc) is 2.37. The molecule has 0 radical (unpaired) electrons. The molecule has 0 atom stereocenters. The van der Waals surface area contributed by atoms with Crippen molar-refractivity contribution in [2.45, 2.75) is 72.0 Å². The minimum absolute atomic E-state index is 0.306. The van der Waals surface area contributed by atoms with Crippen LogP contribution in [0.25, 0.3) is 0 Å². The zero-order chi connectivity index (χ0) is 16.4. The molecule has 0 heterocycles. The number of nitrogens with zero attached hydrogens (tertiary/aromatic N) is 1. The largest absolute Gasteiger partial charge is 0.417 e. The van der Waals surface area contributed by atoms with E-state index in [1.807, 2.05) is 6.21 Å². The van der Waals surface area contributed by atoms with Gasteiger partial charge in [0.1, 0.15) is 0 Å². The van der Waals surface area contributed by atoms with Gasteiger partial charge >= 0.3 is 0 Å². The Morgan fingerprint density at radius 3 is 2.48 bits per heavy atom. The quantitative estimate of drug-likeness (QED) is 0.229. The van der Waals surface area contributed by atoms with Crippen LogP contribution in [0.1, 0.15) is 53.9 Å². The van der Waals surface area contributed by atoms with Crippen molar-refractivity contribution >= 4 is 14.5 Å². The predicted octanol–water partition coefficient (Wildman–Crippen LogP) is 5.77. The van der Waals surface area contributed by atoms with Crippen molar-refractivity contribution in [1.82, 2.24) is 0 Å². The molecule has 0 saturated heterocycles. The molecule has 0 rings (SSSR count). The standard InChI is InChI=1S/C18H35NOSi/c1-8-14-19-15-13-17(2)12-10-9-11-16-20-21(6,7)18(3,4)5/h10,12-13,15H,8-9,11,14,16H2,1-7H3/b12-10+,17-13-,19-15?. The summed E-state index contributed by atoms with van der Waals surface area (Å²) in [6, 6.07) is 0. The SMILES string of the molecule is CCCN=C/C=C(C)\C=C\CCCO[Si](C)(C)C(C)(C)C. The van der Waals surface area contributed by atoms with Gasteiger partial charge in [0.25, 0.3) is 0 Å². The number of rotatable bonds is 9. The number of aliphatic imine (C=N–C) groups is 1. The van der Waals surface area contributed by atoms with Crippen LogP contribution in [0.3, 0.4) is 0 Å².